The zero-order valence-electron chi connectivity index (χ0n) is 7.84. The fraction of sp³-hybridized carbons (Fsp3) is 0.125. The Hall–Kier alpha value is -1.89. The van der Waals surface area contributed by atoms with E-state index in [-0.39, 0.29) is 4.88 Å². The van der Waals surface area contributed by atoms with Crippen molar-refractivity contribution in [3.8, 4) is 0 Å². The van der Waals surface area contributed by atoms with Gasteiger partial charge in [0.25, 0.3) is 0 Å². The molecule has 0 fully saturated rings. The van der Waals surface area contributed by atoms with E-state index in [2.05, 4.69) is 15.2 Å². The van der Waals surface area contributed by atoms with E-state index in [0.29, 0.717) is 5.13 Å². The van der Waals surface area contributed by atoms with Gasteiger partial charge >= 0.3 is 5.97 Å². The predicted octanol–water partition coefficient (Wildman–Crippen LogP) is 1.33. The van der Waals surface area contributed by atoms with Crippen molar-refractivity contribution in [3.63, 3.8) is 0 Å². The zero-order valence-corrected chi connectivity index (χ0v) is 8.65. The first kappa shape index (κ1) is 9.66. The van der Waals surface area contributed by atoms with E-state index in [1.807, 2.05) is 0 Å². The molecule has 2 heterocycles. The summed E-state index contributed by atoms with van der Waals surface area (Å²) < 4.78 is 0. The minimum Gasteiger partial charge on any atom is -0.477 e. The van der Waals surface area contributed by atoms with E-state index in [1.54, 1.807) is 24.2 Å². The Morgan fingerprint density at radius 1 is 1.67 bits per heavy atom. The first-order chi connectivity index (χ1) is 7.18. The largest absolute Gasteiger partial charge is 0.477 e. The molecule has 6 nitrogen and oxygen atoms in total. The Morgan fingerprint density at radius 3 is 3.00 bits per heavy atom. The molecule has 78 valence electrons. The molecule has 0 saturated heterocycles. The Morgan fingerprint density at radius 2 is 2.47 bits per heavy atom. The van der Waals surface area contributed by atoms with Crippen LogP contribution in [0, 0.1) is 0 Å². The number of rotatable bonds is 3. The van der Waals surface area contributed by atoms with Crippen LogP contribution in [0.15, 0.2) is 18.5 Å². The smallest absolute Gasteiger partial charge is 0.347 e. The molecule has 2 aromatic rings. The minimum absolute atomic E-state index is 0.219. The third-order valence-corrected chi connectivity index (χ3v) is 2.90. The van der Waals surface area contributed by atoms with Crippen LogP contribution in [-0.4, -0.2) is 33.3 Å². The summed E-state index contributed by atoms with van der Waals surface area (Å²) in [7, 11) is 1.79. The second-order valence-corrected chi connectivity index (χ2v) is 3.82. The summed E-state index contributed by atoms with van der Waals surface area (Å²) in [5.74, 6) is -0.196. The molecular weight excluding hydrogens is 216 g/mol. The van der Waals surface area contributed by atoms with Crippen molar-refractivity contribution < 1.29 is 9.90 Å². The quantitative estimate of drug-likeness (QED) is 0.821. The van der Waals surface area contributed by atoms with Crippen LogP contribution in [0.25, 0.3) is 0 Å². The van der Waals surface area contributed by atoms with Gasteiger partial charge in [-0.25, -0.2) is 9.78 Å². The van der Waals surface area contributed by atoms with Crippen molar-refractivity contribution in [2.75, 3.05) is 11.9 Å². The third kappa shape index (κ3) is 1.82. The molecule has 0 radical (unpaired) electrons. The van der Waals surface area contributed by atoms with Crippen LogP contribution in [0.4, 0.5) is 10.9 Å². The number of carboxylic acids is 1. The maximum atomic E-state index is 10.7. The van der Waals surface area contributed by atoms with Crippen molar-refractivity contribution in [1.29, 1.82) is 0 Å². The van der Waals surface area contributed by atoms with Crippen LogP contribution in [0.5, 0.6) is 0 Å². The monoisotopic (exact) mass is 224 g/mol. The summed E-state index contributed by atoms with van der Waals surface area (Å²) in [5, 5.41) is 15.9. The van der Waals surface area contributed by atoms with Crippen LogP contribution < -0.4 is 4.90 Å². The highest BCUT2D eigenvalue weighted by Crippen LogP contribution is 2.26. The highest BCUT2D eigenvalue weighted by atomic mass is 32.1. The maximum absolute atomic E-state index is 10.7. The maximum Gasteiger partial charge on any atom is 0.347 e. The number of anilines is 2. The first-order valence-corrected chi connectivity index (χ1v) is 4.92. The molecular formula is C8H8N4O2S. The Bertz CT molecular complexity index is 465. The van der Waals surface area contributed by atoms with Gasteiger partial charge in [0.05, 0.1) is 12.4 Å². The number of nitrogens with zero attached hydrogens (tertiary/aromatic N) is 3. The molecule has 0 aromatic carbocycles. The number of nitrogens with one attached hydrogen (secondary N) is 1. The van der Waals surface area contributed by atoms with Crippen LogP contribution in [0.2, 0.25) is 0 Å². The van der Waals surface area contributed by atoms with E-state index in [0.717, 1.165) is 17.2 Å². The molecule has 0 unspecified atom stereocenters. The Balaban J connectivity index is 2.26. The van der Waals surface area contributed by atoms with Gasteiger partial charge in [-0.3, -0.25) is 5.10 Å². The number of carbonyl (C=O) groups is 1. The third-order valence-electron chi connectivity index (χ3n) is 1.84. The summed E-state index contributed by atoms with van der Waals surface area (Å²) in [6.07, 6.45) is 2.97. The van der Waals surface area contributed by atoms with Crippen LogP contribution in [-0.2, 0) is 0 Å². The molecule has 7 heteroatoms. The van der Waals surface area contributed by atoms with Gasteiger partial charge in [0.2, 0.25) is 0 Å². The van der Waals surface area contributed by atoms with Gasteiger partial charge in [0.15, 0.2) is 5.13 Å². The topological polar surface area (TPSA) is 82.1 Å². The average molecular weight is 224 g/mol. The molecule has 0 aliphatic rings. The molecule has 0 bridgehead atoms. The molecule has 2 rings (SSSR count). The van der Waals surface area contributed by atoms with Gasteiger partial charge in [-0.15, -0.1) is 0 Å². The predicted molar refractivity (Wildman–Crippen MR) is 55.7 cm³/mol. The highest BCUT2D eigenvalue weighted by molar-refractivity contribution is 7.17. The van der Waals surface area contributed by atoms with Gasteiger partial charge in [-0.05, 0) is 0 Å². The van der Waals surface area contributed by atoms with Crippen LogP contribution in [0.3, 0.4) is 0 Å². The SMILES string of the molecule is CN(c1ccn[nH]1)c1ncc(C(=O)O)s1. The number of hydrogen-bond donors (Lipinski definition) is 2. The Kier molecular flexibility index (Phi) is 2.38. The molecule has 15 heavy (non-hydrogen) atoms. The van der Waals surface area contributed by atoms with Crippen LogP contribution >= 0.6 is 11.3 Å². The molecule has 0 spiro atoms. The molecule has 0 aliphatic carbocycles. The number of aromatic amines is 1. The van der Waals surface area contributed by atoms with Crippen molar-refractivity contribution in [3.05, 3.63) is 23.3 Å². The molecule has 0 aliphatic heterocycles. The first-order valence-electron chi connectivity index (χ1n) is 4.10. The summed E-state index contributed by atoms with van der Waals surface area (Å²) >= 11 is 1.11. The fourth-order valence-electron chi connectivity index (χ4n) is 1.06. The van der Waals surface area contributed by atoms with E-state index in [4.69, 9.17) is 5.11 Å². The van der Waals surface area contributed by atoms with Gasteiger partial charge in [0.1, 0.15) is 10.7 Å². The van der Waals surface area contributed by atoms with Gasteiger partial charge in [0, 0.05) is 13.1 Å². The van der Waals surface area contributed by atoms with E-state index >= 15 is 0 Å². The zero-order chi connectivity index (χ0) is 10.8. The normalized spacial score (nSPS) is 10.2. The molecule has 0 saturated carbocycles. The number of hydrogen-bond acceptors (Lipinski definition) is 5. The van der Waals surface area contributed by atoms with Gasteiger partial charge < -0.3 is 10.0 Å². The second kappa shape index (κ2) is 3.70. The van der Waals surface area contributed by atoms with Gasteiger partial charge in [-0.1, -0.05) is 11.3 Å². The van der Waals surface area contributed by atoms with Crippen LogP contribution in [0.1, 0.15) is 9.67 Å². The lowest BCUT2D eigenvalue weighted by molar-refractivity contribution is 0.0702. The number of H-pyrrole nitrogens is 1. The van der Waals surface area contributed by atoms with Crippen molar-refractivity contribution in [2.45, 2.75) is 0 Å². The summed E-state index contributed by atoms with van der Waals surface area (Å²) in [6, 6.07) is 1.78. The fourth-order valence-corrected chi connectivity index (χ4v) is 1.79. The number of carboxylic acid groups (broad SMARTS) is 1. The second-order valence-electron chi connectivity index (χ2n) is 2.81. The lowest BCUT2D eigenvalue weighted by atomic mass is 10.6. The minimum atomic E-state index is -0.961. The Labute approximate surface area is 89.2 Å². The van der Waals surface area contributed by atoms with Crippen molar-refractivity contribution >= 4 is 28.3 Å². The molecule has 0 atom stereocenters. The summed E-state index contributed by atoms with van der Waals surface area (Å²) in [4.78, 5) is 16.6. The summed E-state index contributed by atoms with van der Waals surface area (Å²) in [6.45, 7) is 0. The molecule has 2 aromatic heterocycles. The highest BCUT2D eigenvalue weighted by Gasteiger charge is 2.13. The summed E-state index contributed by atoms with van der Waals surface area (Å²) in [5.41, 5.74) is 0. The van der Waals surface area contributed by atoms with E-state index in [1.165, 1.54) is 6.20 Å². The molecule has 0 amide bonds. The standard InChI is InChI=1S/C8H8N4O2S/c1-12(6-2-3-10-11-6)8-9-4-5(15-8)7(13)14/h2-4H,1H3,(H,10,11)(H,13,14). The number of aromatic carboxylic acids is 1. The lowest BCUT2D eigenvalue weighted by Gasteiger charge is -2.11. The number of thiazole rings is 1. The van der Waals surface area contributed by atoms with E-state index in [9.17, 15) is 4.79 Å². The molecule has 2 N–H and O–H groups in total. The number of aromatic nitrogens is 3. The van der Waals surface area contributed by atoms with Crippen molar-refractivity contribution in [2.24, 2.45) is 0 Å². The average Bonchev–Trinajstić information content (AvgIpc) is 2.88. The van der Waals surface area contributed by atoms with E-state index < -0.39 is 5.97 Å². The lowest BCUT2D eigenvalue weighted by Crippen LogP contribution is -2.09. The van der Waals surface area contributed by atoms with Crippen molar-refractivity contribution in [1.82, 2.24) is 15.2 Å². The van der Waals surface area contributed by atoms with Gasteiger partial charge in [-0.2, -0.15) is 5.10 Å².